The molecule has 0 bridgehead atoms. The first-order valence-electron chi connectivity index (χ1n) is 7.07. The Morgan fingerprint density at radius 2 is 1.75 bits per heavy atom. The highest BCUT2D eigenvalue weighted by Gasteiger charge is 2.15. The molecule has 0 radical (unpaired) electrons. The number of nitrogens with one attached hydrogen (secondary N) is 1. The van der Waals surface area contributed by atoms with Crippen molar-refractivity contribution in [3.63, 3.8) is 0 Å². The Hall–Kier alpha value is -2.07. The molecule has 2 heterocycles. The number of carbonyl (C=O) groups is 1. The molecule has 4 heteroatoms. The summed E-state index contributed by atoms with van der Waals surface area (Å²) >= 11 is 0. The van der Waals surface area contributed by atoms with Gasteiger partial charge in [0, 0.05) is 12.4 Å². The lowest BCUT2D eigenvalue weighted by Crippen LogP contribution is -2.31. The van der Waals surface area contributed by atoms with E-state index >= 15 is 0 Å². The van der Waals surface area contributed by atoms with Gasteiger partial charge in [0.2, 0.25) is 5.91 Å². The molecule has 2 aromatic rings. The van der Waals surface area contributed by atoms with Gasteiger partial charge in [-0.2, -0.15) is 0 Å². The molecule has 1 aromatic heterocycles. The van der Waals surface area contributed by atoms with Gasteiger partial charge in [-0.15, -0.1) is 0 Å². The fourth-order valence-electron chi connectivity index (χ4n) is 2.63. The van der Waals surface area contributed by atoms with Crippen LogP contribution in [0.25, 0.3) is 5.69 Å². The van der Waals surface area contributed by atoms with Crippen LogP contribution in [0, 0.1) is 0 Å². The Morgan fingerprint density at radius 3 is 2.50 bits per heavy atom. The van der Waals surface area contributed by atoms with Crippen molar-refractivity contribution in [1.82, 2.24) is 9.47 Å². The van der Waals surface area contributed by atoms with E-state index in [1.165, 1.54) is 12.8 Å². The van der Waals surface area contributed by atoms with E-state index in [0.717, 1.165) is 24.5 Å². The summed E-state index contributed by atoms with van der Waals surface area (Å²) in [5.74, 6) is 0.0616. The third kappa shape index (κ3) is 2.91. The van der Waals surface area contributed by atoms with E-state index in [-0.39, 0.29) is 5.91 Å². The number of rotatable bonds is 4. The van der Waals surface area contributed by atoms with Crippen LogP contribution < -0.4 is 5.32 Å². The number of amides is 1. The van der Waals surface area contributed by atoms with Crippen molar-refractivity contribution < 1.29 is 4.79 Å². The maximum atomic E-state index is 12.1. The van der Waals surface area contributed by atoms with Crippen LogP contribution >= 0.6 is 0 Å². The molecule has 3 rings (SSSR count). The van der Waals surface area contributed by atoms with Gasteiger partial charge in [-0.1, -0.05) is 12.1 Å². The maximum absolute atomic E-state index is 12.1. The molecule has 0 spiro atoms. The lowest BCUT2D eigenvalue weighted by molar-refractivity contribution is -0.117. The molecule has 1 aromatic carbocycles. The fraction of sp³-hybridized carbons (Fsp3) is 0.312. The lowest BCUT2D eigenvalue weighted by atomic mass is 10.2. The van der Waals surface area contributed by atoms with Gasteiger partial charge in [0.05, 0.1) is 17.9 Å². The van der Waals surface area contributed by atoms with Crippen LogP contribution in [0.4, 0.5) is 5.69 Å². The van der Waals surface area contributed by atoms with Crippen LogP contribution in [0.5, 0.6) is 0 Å². The third-order valence-electron chi connectivity index (χ3n) is 3.63. The molecular formula is C16H19N3O. The monoisotopic (exact) mass is 269 g/mol. The number of aromatic nitrogens is 1. The largest absolute Gasteiger partial charge is 0.323 e. The van der Waals surface area contributed by atoms with Crippen molar-refractivity contribution in [3.05, 3.63) is 48.8 Å². The van der Waals surface area contributed by atoms with E-state index in [4.69, 9.17) is 0 Å². The minimum absolute atomic E-state index is 0.0616. The number of nitrogens with zero attached hydrogens (tertiary/aromatic N) is 2. The van der Waals surface area contributed by atoms with Gasteiger partial charge in [0.1, 0.15) is 0 Å². The predicted octanol–water partition coefficient (Wildman–Crippen LogP) is 2.51. The molecule has 1 aliphatic heterocycles. The molecule has 0 aliphatic carbocycles. The van der Waals surface area contributed by atoms with Crippen molar-refractivity contribution in [2.75, 3.05) is 25.0 Å². The number of para-hydroxylation sites is 2. The summed E-state index contributed by atoms with van der Waals surface area (Å²) in [6.45, 7) is 2.55. The maximum Gasteiger partial charge on any atom is 0.238 e. The van der Waals surface area contributed by atoms with Crippen molar-refractivity contribution in [3.8, 4) is 5.69 Å². The highest BCUT2D eigenvalue weighted by molar-refractivity contribution is 5.94. The molecule has 0 unspecified atom stereocenters. The Balaban J connectivity index is 1.72. The quantitative estimate of drug-likeness (QED) is 0.926. The van der Waals surface area contributed by atoms with Crippen LogP contribution in [0.1, 0.15) is 12.8 Å². The van der Waals surface area contributed by atoms with Gasteiger partial charge in [0.25, 0.3) is 0 Å². The number of hydrogen-bond acceptors (Lipinski definition) is 2. The topological polar surface area (TPSA) is 37.3 Å². The van der Waals surface area contributed by atoms with E-state index in [0.29, 0.717) is 6.54 Å². The molecule has 0 saturated carbocycles. The van der Waals surface area contributed by atoms with E-state index in [1.54, 1.807) is 0 Å². The number of hydrogen-bond donors (Lipinski definition) is 1. The first-order chi connectivity index (χ1) is 9.83. The van der Waals surface area contributed by atoms with E-state index in [1.807, 2.05) is 53.4 Å². The zero-order valence-corrected chi connectivity index (χ0v) is 11.5. The summed E-state index contributed by atoms with van der Waals surface area (Å²) in [6.07, 6.45) is 6.36. The second kappa shape index (κ2) is 5.92. The van der Waals surface area contributed by atoms with Gasteiger partial charge in [-0.3, -0.25) is 9.69 Å². The van der Waals surface area contributed by atoms with Crippen molar-refractivity contribution in [2.45, 2.75) is 12.8 Å². The summed E-state index contributed by atoms with van der Waals surface area (Å²) in [4.78, 5) is 14.3. The summed E-state index contributed by atoms with van der Waals surface area (Å²) in [7, 11) is 0. The van der Waals surface area contributed by atoms with Crippen LogP contribution in [-0.4, -0.2) is 35.0 Å². The normalized spacial score (nSPS) is 15.4. The Morgan fingerprint density at radius 1 is 1.05 bits per heavy atom. The SMILES string of the molecule is O=C(CN1CCCC1)Nc1ccccc1-n1cccc1. The lowest BCUT2D eigenvalue weighted by Gasteiger charge is -2.16. The number of benzene rings is 1. The van der Waals surface area contributed by atoms with Crippen molar-refractivity contribution in [2.24, 2.45) is 0 Å². The second-order valence-electron chi connectivity index (χ2n) is 5.14. The first kappa shape index (κ1) is 12.9. The smallest absolute Gasteiger partial charge is 0.238 e. The van der Waals surface area contributed by atoms with Crippen molar-refractivity contribution >= 4 is 11.6 Å². The molecule has 1 N–H and O–H groups in total. The Labute approximate surface area is 119 Å². The average molecular weight is 269 g/mol. The molecule has 4 nitrogen and oxygen atoms in total. The van der Waals surface area contributed by atoms with Gasteiger partial charge < -0.3 is 9.88 Å². The molecule has 20 heavy (non-hydrogen) atoms. The molecular weight excluding hydrogens is 250 g/mol. The molecule has 104 valence electrons. The van der Waals surface area contributed by atoms with E-state index in [9.17, 15) is 4.79 Å². The summed E-state index contributed by atoms with van der Waals surface area (Å²) in [5.41, 5.74) is 1.85. The molecule has 1 aliphatic rings. The summed E-state index contributed by atoms with van der Waals surface area (Å²) in [6, 6.07) is 11.8. The van der Waals surface area contributed by atoms with Gasteiger partial charge in [-0.05, 0) is 50.2 Å². The number of carbonyl (C=O) groups excluding carboxylic acids is 1. The van der Waals surface area contributed by atoms with Crippen LogP contribution in [0.15, 0.2) is 48.8 Å². The minimum Gasteiger partial charge on any atom is -0.323 e. The van der Waals surface area contributed by atoms with Gasteiger partial charge in [-0.25, -0.2) is 0 Å². The molecule has 1 saturated heterocycles. The van der Waals surface area contributed by atoms with E-state index < -0.39 is 0 Å². The average Bonchev–Trinajstić information content (AvgIpc) is 3.11. The van der Waals surface area contributed by atoms with Gasteiger partial charge in [0.15, 0.2) is 0 Å². The molecule has 0 atom stereocenters. The highest BCUT2D eigenvalue weighted by Crippen LogP contribution is 2.20. The fourth-order valence-corrected chi connectivity index (χ4v) is 2.63. The van der Waals surface area contributed by atoms with Crippen LogP contribution in [0.2, 0.25) is 0 Å². The van der Waals surface area contributed by atoms with E-state index in [2.05, 4.69) is 10.2 Å². The molecule has 1 amide bonds. The van der Waals surface area contributed by atoms with Crippen molar-refractivity contribution in [1.29, 1.82) is 0 Å². The Kier molecular flexibility index (Phi) is 3.83. The third-order valence-corrected chi connectivity index (χ3v) is 3.63. The summed E-state index contributed by atoms with van der Waals surface area (Å²) < 4.78 is 2.01. The number of anilines is 1. The Bertz CT molecular complexity index is 571. The zero-order chi connectivity index (χ0) is 13.8. The number of likely N-dealkylation sites (tertiary alicyclic amines) is 1. The molecule has 1 fully saturated rings. The second-order valence-corrected chi connectivity index (χ2v) is 5.14. The van der Waals surface area contributed by atoms with Crippen LogP contribution in [-0.2, 0) is 4.79 Å². The standard InChI is InChI=1S/C16H19N3O/c20-16(13-18-9-3-4-10-18)17-14-7-1-2-8-15(14)19-11-5-6-12-19/h1-2,5-8,11-12H,3-4,9-10,13H2,(H,17,20). The first-order valence-corrected chi connectivity index (χ1v) is 7.07. The summed E-state index contributed by atoms with van der Waals surface area (Å²) in [5, 5.41) is 3.02. The van der Waals surface area contributed by atoms with Crippen LogP contribution in [0.3, 0.4) is 0 Å². The van der Waals surface area contributed by atoms with Gasteiger partial charge >= 0.3 is 0 Å². The highest BCUT2D eigenvalue weighted by atomic mass is 16.2. The zero-order valence-electron chi connectivity index (χ0n) is 11.5. The minimum atomic E-state index is 0.0616. The predicted molar refractivity (Wildman–Crippen MR) is 80.1 cm³/mol.